The second-order valence-electron chi connectivity index (χ2n) is 5.36. The molecular weight excluding hydrogens is 230 g/mol. The standard InChI is InChI=1S/C13H21N3S/c1-9-10(2)17-13(14-9)15-11-5-7-16-6-3-4-12(16)8-11/h11-12H,3-8H2,1-2H3,(H,14,15). The van der Waals surface area contributed by atoms with Crippen molar-refractivity contribution < 1.29 is 0 Å². The van der Waals surface area contributed by atoms with Crippen LogP contribution in [-0.4, -0.2) is 35.1 Å². The highest BCUT2D eigenvalue weighted by atomic mass is 32.1. The average molecular weight is 251 g/mol. The normalized spacial score (nSPS) is 29.3. The van der Waals surface area contributed by atoms with Crippen molar-refractivity contribution in [2.24, 2.45) is 0 Å². The van der Waals surface area contributed by atoms with Gasteiger partial charge in [0.2, 0.25) is 0 Å². The molecule has 0 aliphatic carbocycles. The van der Waals surface area contributed by atoms with Crippen molar-refractivity contribution in [2.75, 3.05) is 18.4 Å². The minimum atomic E-state index is 0.638. The first kappa shape index (κ1) is 11.5. The highest BCUT2D eigenvalue weighted by molar-refractivity contribution is 7.15. The molecule has 3 rings (SSSR count). The largest absolute Gasteiger partial charge is 0.359 e. The SMILES string of the molecule is Cc1nc(NC2CCN3CCCC3C2)sc1C. The second kappa shape index (κ2) is 4.58. The maximum atomic E-state index is 4.58. The highest BCUT2D eigenvalue weighted by Gasteiger charge is 2.31. The molecule has 1 N–H and O–H groups in total. The number of hydrogen-bond donors (Lipinski definition) is 1. The topological polar surface area (TPSA) is 28.2 Å². The molecule has 0 saturated carbocycles. The number of aryl methyl sites for hydroxylation is 2. The van der Waals surface area contributed by atoms with Crippen molar-refractivity contribution in [1.82, 2.24) is 9.88 Å². The fourth-order valence-electron chi connectivity index (χ4n) is 3.06. The molecule has 0 bridgehead atoms. The van der Waals surface area contributed by atoms with E-state index in [-0.39, 0.29) is 0 Å². The van der Waals surface area contributed by atoms with Gasteiger partial charge in [-0.25, -0.2) is 4.98 Å². The van der Waals surface area contributed by atoms with Crippen LogP contribution in [0.4, 0.5) is 5.13 Å². The van der Waals surface area contributed by atoms with Gasteiger partial charge in [0, 0.05) is 23.5 Å². The molecule has 3 heterocycles. The third-order valence-corrected chi connectivity index (χ3v) is 5.18. The fourth-order valence-corrected chi connectivity index (χ4v) is 3.96. The van der Waals surface area contributed by atoms with Gasteiger partial charge in [0.15, 0.2) is 5.13 Å². The molecule has 0 amide bonds. The molecule has 4 heteroatoms. The van der Waals surface area contributed by atoms with Crippen molar-refractivity contribution in [3.63, 3.8) is 0 Å². The molecule has 0 aromatic carbocycles. The van der Waals surface area contributed by atoms with E-state index in [4.69, 9.17) is 0 Å². The van der Waals surface area contributed by atoms with Crippen LogP contribution in [0.3, 0.4) is 0 Å². The Morgan fingerprint density at radius 3 is 2.94 bits per heavy atom. The molecule has 2 aliphatic heterocycles. The highest BCUT2D eigenvalue weighted by Crippen LogP contribution is 2.30. The van der Waals surface area contributed by atoms with Gasteiger partial charge < -0.3 is 10.2 Å². The molecule has 0 radical (unpaired) electrons. The lowest BCUT2D eigenvalue weighted by Crippen LogP contribution is -2.42. The Hall–Kier alpha value is -0.610. The summed E-state index contributed by atoms with van der Waals surface area (Å²) >= 11 is 1.80. The smallest absolute Gasteiger partial charge is 0.183 e. The van der Waals surface area contributed by atoms with E-state index >= 15 is 0 Å². The minimum Gasteiger partial charge on any atom is -0.359 e. The Bertz CT molecular complexity index is 382. The first-order chi connectivity index (χ1) is 8.22. The van der Waals surface area contributed by atoms with Crippen molar-refractivity contribution in [3.05, 3.63) is 10.6 Å². The predicted octanol–water partition coefficient (Wildman–Crippen LogP) is 2.80. The third kappa shape index (κ3) is 2.33. The molecule has 2 aliphatic rings. The fraction of sp³-hybridized carbons (Fsp3) is 0.769. The maximum absolute atomic E-state index is 4.58. The van der Waals surface area contributed by atoms with Gasteiger partial charge in [0.05, 0.1) is 5.69 Å². The van der Waals surface area contributed by atoms with Crippen LogP contribution in [0.15, 0.2) is 0 Å². The van der Waals surface area contributed by atoms with Crippen LogP contribution in [0.1, 0.15) is 36.3 Å². The van der Waals surface area contributed by atoms with Crippen LogP contribution in [-0.2, 0) is 0 Å². The quantitative estimate of drug-likeness (QED) is 0.876. The van der Waals surface area contributed by atoms with E-state index in [0.29, 0.717) is 6.04 Å². The molecule has 1 aromatic rings. The molecule has 2 atom stereocenters. The van der Waals surface area contributed by atoms with E-state index in [2.05, 4.69) is 29.0 Å². The van der Waals surface area contributed by atoms with E-state index < -0.39 is 0 Å². The van der Waals surface area contributed by atoms with Crippen LogP contribution in [0.2, 0.25) is 0 Å². The van der Waals surface area contributed by atoms with Gasteiger partial charge in [-0.3, -0.25) is 0 Å². The Labute approximate surface area is 107 Å². The van der Waals surface area contributed by atoms with Gasteiger partial charge >= 0.3 is 0 Å². The van der Waals surface area contributed by atoms with Crippen LogP contribution in [0, 0.1) is 13.8 Å². The monoisotopic (exact) mass is 251 g/mol. The molecule has 2 saturated heterocycles. The number of fused-ring (bicyclic) bond motifs is 1. The molecule has 0 spiro atoms. The summed E-state index contributed by atoms with van der Waals surface area (Å²) in [5.74, 6) is 0. The maximum Gasteiger partial charge on any atom is 0.183 e. The summed E-state index contributed by atoms with van der Waals surface area (Å²) < 4.78 is 0. The van der Waals surface area contributed by atoms with Crippen LogP contribution in [0.25, 0.3) is 0 Å². The van der Waals surface area contributed by atoms with Crippen molar-refractivity contribution >= 4 is 16.5 Å². The Kier molecular flexibility index (Phi) is 3.09. The zero-order chi connectivity index (χ0) is 11.8. The number of aromatic nitrogens is 1. The number of rotatable bonds is 2. The average Bonchev–Trinajstić information content (AvgIpc) is 2.86. The molecule has 17 heavy (non-hydrogen) atoms. The van der Waals surface area contributed by atoms with E-state index in [1.807, 2.05) is 0 Å². The Balaban J connectivity index is 1.62. The number of nitrogens with one attached hydrogen (secondary N) is 1. The van der Waals surface area contributed by atoms with E-state index in [1.165, 1.54) is 49.3 Å². The predicted molar refractivity (Wildman–Crippen MR) is 72.8 cm³/mol. The van der Waals surface area contributed by atoms with Crippen molar-refractivity contribution in [3.8, 4) is 0 Å². The third-order valence-electron chi connectivity index (χ3n) is 4.18. The number of thiazole rings is 1. The summed E-state index contributed by atoms with van der Waals surface area (Å²) in [6.07, 6.45) is 5.37. The van der Waals surface area contributed by atoms with Gasteiger partial charge in [-0.2, -0.15) is 0 Å². The lowest BCUT2D eigenvalue weighted by molar-refractivity contribution is 0.188. The van der Waals surface area contributed by atoms with E-state index in [9.17, 15) is 0 Å². The number of nitrogens with zero attached hydrogens (tertiary/aromatic N) is 2. The van der Waals surface area contributed by atoms with Crippen LogP contribution in [0.5, 0.6) is 0 Å². The summed E-state index contributed by atoms with van der Waals surface area (Å²) in [5.41, 5.74) is 1.18. The lowest BCUT2D eigenvalue weighted by Gasteiger charge is -2.35. The molecule has 1 aromatic heterocycles. The number of piperidine rings is 1. The van der Waals surface area contributed by atoms with Crippen LogP contribution < -0.4 is 5.32 Å². The zero-order valence-corrected chi connectivity index (χ0v) is 11.5. The van der Waals surface area contributed by atoms with Gasteiger partial charge in [-0.05, 0) is 46.1 Å². The second-order valence-corrected chi connectivity index (χ2v) is 6.56. The number of hydrogen-bond acceptors (Lipinski definition) is 4. The number of anilines is 1. The summed E-state index contributed by atoms with van der Waals surface area (Å²) in [6, 6.07) is 1.47. The Morgan fingerprint density at radius 1 is 1.29 bits per heavy atom. The van der Waals surface area contributed by atoms with Crippen molar-refractivity contribution in [2.45, 2.75) is 51.6 Å². The van der Waals surface area contributed by atoms with Crippen LogP contribution >= 0.6 is 11.3 Å². The van der Waals surface area contributed by atoms with Crippen molar-refractivity contribution in [1.29, 1.82) is 0 Å². The molecule has 3 nitrogen and oxygen atoms in total. The van der Waals surface area contributed by atoms with Gasteiger partial charge in [-0.1, -0.05) is 0 Å². The molecular formula is C13H21N3S. The summed E-state index contributed by atoms with van der Waals surface area (Å²) in [7, 11) is 0. The summed E-state index contributed by atoms with van der Waals surface area (Å²) in [4.78, 5) is 8.59. The molecule has 2 fully saturated rings. The molecule has 2 unspecified atom stereocenters. The van der Waals surface area contributed by atoms with E-state index in [0.717, 1.165) is 11.2 Å². The molecule has 94 valence electrons. The first-order valence-corrected chi connectivity index (χ1v) is 7.48. The first-order valence-electron chi connectivity index (χ1n) is 6.67. The zero-order valence-electron chi connectivity index (χ0n) is 10.7. The lowest BCUT2D eigenvalue weighted by atomic mass is 9.98. The van der Waals surface area contributed by atoms with Gasteiger partial charge in [0.25, 0.3) is 0 Å². The Morgan fingerprint density at radius 2 is 2.18 bits per heavy atom. The summed E-state index contributed by atoms with van der Waals surface area (Å²) in [5, 5.41) is 4.76. The van der Waals surface area contributed by atoms with E-state index in [1.54, 1.807) is 11.3 Å². The van der Waals surface area contributed by atoms with Gasteiger partial charge in [0.1, 0.15) is 0 Å². The minimum absolute atomic E-state index is 0.638. The van der Waals surface area contributed by atoms with Gasteiger partial charge in [-0.15, -0.1) is 11.3 Å². The summed E-state index contributed by atoms with van der Waals surface area (Å²) in [6.45, 7) is 6.84.